The van der Waals surface area contributed by atoms with Crippen LogP contribution in [0.15, 0.2) is 48.5 Å². The number of aliphatic hydroxyl groups is 1. The molecule has 1 aliphatic rings. The molecule has 0 unspecified atom stereocenters. The van der Waals surface area contributed by atoms with Crippen molar-refractivity contribution in [2.45, 2.75) is 12.6 Å². The summed E-state index contributed by atoms with van der Waals surface area (Å²) in [5.41, 5.74) is 0.242. The summed E-state index contributed by atoms with van der Waals surface area (Å²) in [6, 6.07) is 13.9. The van der Waals surface area contributed by atoms with Gasteiger partial charge in [0.05, 0.1) is 5.69 Å². The van der Waals surface area contributed by atoms with E-state index in [2.05, 4.69) is 5.32 Å². The van der Waals surface area contributed by atoms with Gasteiger partial charge < -0.3 is 10.4 Å². The summed E-state index contributed by atoms with van der Waals surface area (Å²) in [7, 11) is 0. The largest absolute Gasteiger partial charge is 0.363 e. The summed E-state index contributed by atoms with van der Waals surface area (Å²) in [4.78, 5) is 13.7. The summed E-state index contributed by atoms with van der Waals surface area (Å²) in [5, 5.41) is 14.6. The number of fused-ring (bicyclic) bond motifs is 1. The molecule has 0 saturated heterocycles. The van der Waals surface area contributed by atoms with Crippen molar-refractivity contribution in [3.8, 4) is 0 Å². The second-order valence-electron chi connectivity index (χ2n) is 4.90. The SMILES string of the molecule is CCN1C(=O)Nc2ccc(Cl)cc2[C@@]1(O)c1ccccc1. The number of amides is 2. The molecule has 108 valence electrons. The Labute approximate surface area is 128 Å². The zero-order chi connectivity index (χ0) is 15.0. The summed E-state index contributed by atoms with van der Waals surface area (Å²) >= 11 is 6.08. The van der Waals surface area contributed by atoms with E-state index < -0.39 is 5.72 Å². The minimum absolute atomic E-state index is 0.335. The molecule has 0 spiro atoms. The fourth-order valence-electron chi connectivity index (χ4n) is 2.74. The van der Waals surface area contributed by atoms with E-state index in [0.29, 0.717) is 28.4 Å². The molecule has 4 nitrogen and oxygen atoms in total. The van der Waals surface area contributed by atoms with Crippen LogP contribution in [0.2, 0.25) is 5.02 Å². The minimum atomic E-state index is -1.53. The summed E-state index contributed by atoms with van der Waals surface area (Å²) < 4.78 is 0. The van der Waals surface area contributed by atoms with E-state index in [1.807, 2.05) is 25.1 Å². The Morgan fingerprint density at radius 1 is 1.24 bits per heavy atom. The Morgan fingerprint density at radius 3 is 2.62 bits per heavy atom. The highest BCUT2D eigenvalue weighted by atomic mass is 35.5. The van der Waals surface area contributed by atoms with Crippen molar-refractivity contribution in [2.75, 3.05) is 11.9 Å². The van der Waals surface area contributed by atoms with Crippen molar-refractivity contribution in [2.24, 2.45) is 0 Å². The maximum Gasteiger partial charge on any atom is 0.324 e. The third-order valence-electron chi connectivity index (χ3n) is 3.73. The normalized spacial score (nSPS) is 20.9. The molecule has 2 aromatic rings. The standard InChI is InChI=1S/C16H15ClN2O2/c1-2-19-15(20)18-14-9-8-12(17)10-13(14)16(19,21)11-6-4-3-5-7-11/h3-10,21H,2H2,1H3,(H,18,20)/t16-/m0/s1. The van der Waals surface area contributed by atoms with Crippen LogP contribution in [0.4, 0.5) is 10.5 Å². The van der Waals surface area contributed by atoms with Gasteiger partial charge in [-0.25, -0.2) is 4.79 Å². The first-order valence-corrected chi connectivity index (χ1v) is 7.11. The number of nitrogens with zero attached hydrogens (tertiary/aromatic N) is 1. The van der Waals surface area contributed by atoms with E-state index in [4.69, 9.17) is 11.6 Å². The van der Waals surface area contributed by atoms with Crippen LogP contribution in [0.3, 0.4) is 0 Å². The average molecular weight is 303 g/mol. The van der Waals surface area contributed by atoms with Crippen LogP contribution in [0.1, 0.15) is 18.1 Å². The molecule has 0 saturated carbocycles. The van der Waals surface area contributed by atoms with Crippen molar-refractivity contribution in [1.82, 2.24) is 4.90 Å². The average Bonchev–Trinajstić information content (AvgIpc) is 2.49. The Kier molecular flexibility index (Phi) is 3.35. The number of benzene rings is 2. The lowest BCUT2D eigenvalue weighted by atomic mass is 9.90. The van der Waals surface area contributed by atoms with E-state index in [1.54, 1.807) is 30.3 Å². The molecule has 21 heavy (non-hydrogen) atoms. The lowest BCUT2D eigenvalue weighted by Gasteiger charge is -2.44. The van der Waals surface area contributed by atoms with Crippen molar-refractivity contribution in [1.29, 1.82) is 0 Å². The minimum Gasteiger partial charge on any atom is -0.363 e. The van der Waals surface area contributed by atoms with Crippen LogP contribution >= 0.6 is 11.6 Å². The van der Waals surface area contributed by atoms with Gasteiger partial charge in [-0.3, -0.25) is 4.90 Å². The van der Waals surface area contributed by atoms with Gasteiger partial charge in [-0.1, -0.05) is 41.9 Å². The summed E-state index contributed by atoms with van der Waals surface area (Å²) in [6.07, 6.45) is 0. The lowest BCUT2D eigenvalue weighted by molar-refractivity contribution is -0.0493. The van der Waals surface area contributed by atoms with E-state index in [9.17, 15) is 9.90 Å². The highest BCUT2D eigenvalue weighted by Gasteiger charge is 2.45. The van der Waals surface area contributed by atoms with Crippen LogP contribution in [0.25, 0.3) is 0 Å². The molecule has 1 aliphatic heterocycles. The van der Waals surface area contributed by atoms with Crippen molar-refractivity contribution in [3.05, 3.63) is 64.7 Å². The second kappa shape index (κ2) is 5.06. The van der Waals surface area contributed by atoms with E-state index in [-0.39, 0.29) is 6.03 Å². The molecule has 1 heterocycles. The number of carbonyl (C=O) groups excluding carboxylic acids is 1. The van der Waals surface area contributed by atoms with Gasteiger partial charge in [0, 0.05) is 22.7 Å². The van der Waals surface area contributed by atoms with Crippen LogP contribution in [-0.4, -0.2) is 22.6 Å². The van der Waals surface area contributed by atoms with Gasteiger partial charge in [0.15, 0.2) is 5.72 Å². The van der Waals surface area contributed by atoms with Gasteiger partial charge in [0.25, 0.3) is 0 Å². The number of rotatable bonds is 2. The molecular formula is C16H15ClN2O2. The highest BCUT2D eigenvalue weighted by Crippen LogP contribution is 2.42. The fourth-order valence-corrected chi connectivity index (χ4v) is 2.92. The maximum absolute atomic E-state index is 12.3. The molecule has 0 aliphatic carbocycles. The molecule has 0 aromatic heterocycles. The van der Waals surface area contributed by atoms with Gasteiger partial charge in [-0.2, -0.15) is 0 Å². The van der Waals surface area contributed by atoms with Crippen molar-refractivity contribution < 1.29 is 9.90 Å². The number of urea groups is 1. The molecule has 2 amide bonds. The summed E-state index contributed by atoms with van der Waals surface area (Å²) in [6.45, 7) is 2.19. The Balaban J connectivity index is 2.29. The van der Waals surface area contributed by atoms with Crippen LogP contribution in [-0.2, 0) is 5.72 Å². The topological polar surface area (TPSA) is 52.6 Å². The van der Waals surface area contributed by atoms with Crippen LogP contribution in [0.5, 0.6) is 0 Å². The molecule has 3 rings (SSSR count). The fraction of sp³-hybridized carbons (Fsp3) is 0.188. The molecular weight excluding hydrogens is 288 g/mol. The van der Waals surface area contributed by atoms with Gasteiger partial charge in [0.1, 0.15) is 0 Å². The third-order valence-corrected chi connectivity index (χ3v) is 3.96. The van der Waals surface area contributed by atoms with Gasteiger partial charge in [0.2, 0.25) is 0 Å². The Bertz CT molecular complexity index is 690. The summed E-state index contributed by atoms with van der Waals surface area (Å²) in [5.74, 6) is 0. The molecule has 2 N–H and O–H groups in total. The molecule has 0 fully saturated rings. The number of hydrogen-bond donors (Lipinski definition) is 2. The number of hydrogen-bond acceptors (Lipinski definition) is 2. The predicted octanol–water partition coefficient (Wildman–Crippen LogP) is 3.40. The zero-order valence-corrected chi connectivity index (χ0v) is 12.3. The quantitative estimate of drug-likeness (QED) is 0.893. The smallest absolute Gasteiger partial charge is 0.324 e. The monoisotopic (exact) mass is 302 g/mol. The van der Waals surface area contributed by atoms with Gasteiger partial charge in [-0.15, -0.1) is 0 Å². The molecule has 2 aromatic carbocycles. The lowest BCUT2D eigenvalue weighted by Crippen LogP contribution is -2.55. The first-order valence-electron chi connectivity index (χ1n) is 6.74. The number of nitrogens with one attached hydrogen (secondary N) is 1. The first-order chi connectivity index (χ1) is 10.1. The Hall–Kier alpha value is -2.04. The Morgan fingerprint density at radius 2 is 1.95 bits per heavy atom. The number of carbonyl (C=O) groups is 1. The number of anilines is 1. The van der Waals surface area contributed by atoms with Gasteiger partial charge >= 0.3 is 6.03 Å². The second-order valence-corrected chi connectivity index (χ2v) is 5.34. The first kappa shape index (κ1) is 13.9. The third kappa shape index (κ3) is 2.07. The van der Waals surface area contributed by atoms with Crippen molar-refractivity contribution in [3.63, 3.8) is 0 Å². The van der Waals surface area contributed by atoms with E-state index >= 15 is 0 Å². The van der Waals surface area contributed by atoms with E-state index in [0.717, 1.165) is 0 Å². The van der Waals surface area contributed by atoms with E-state index in [1.165, 1.54) is 4.90 Å². The molecule has 1 atom stereocenters. The van der Waals surface area contributed by atoms with Crippen molar-refractivity contribution >= 4 is 23.3 Å². The molecule has 0 radical (unpaired) electrons. The predicted molar refractivity (Wildman–Crippen MR) is 82.3 cm³/mol. The van der Waals surface area contributed by atoms with Crippen LogP contribution < -0.4 is 5.32 Å². The zero-order valence-electron chi connectivity index (χ0n) is 11.5. The molecule has 5 heteroatoms. The molecule has 0 bridgehead atoms. The highest BCUT2D eigenvalue weighted by molar-refractivity contribution is 6.30. The maximum atomic E-state index is 12.3. The van der Waals surface area contributed by atoms with Gasteiger partial charge in [-0.05, 0) is 25.1 Å². The number of halogens is 1. The van der Waals surface area contributed by atoms with Crippen LogP contribution in [0, 0.1) is 0 Å².